The van der Waals surface area contributed by atoms with Crippen LogP contribution in [0.4, 0.5) is 5.82 Å². The summed E-state index contributed by atoms with van der Waals surface area (Å²) in [6.07, 6.45) is 9.22. The molecule has 1 fully saturated rings. The monoisotopic (exact) mass is 654 g/mol. The second kappa shape index (κ2) is 16.9. The number of hydrogen-bond donors (Lipinski definition) is 4. The molecule has 254 valence electrons. The van der Waals surface area contributed by atoms with Crippen LogP contribution in [0.5, 0.6) is 0 Å². The van der Waals surface area contributed by atoms with E-state index < -0.39 is 24.1 Å². The molecule has 4 N–H and O–H groups in total. The zero-order valence-corrected chi connectivity index (χ0v) is 27.1. The number of carbonyl (C=O) groups excluding carboxylic acids is 1. The molecular formula is C33H46N6O8+2. The van der Waals surface area contributed by atoms with E-state index in [-0.39, 0.29) is 18.9 Å². The average Bonchev–Trinajstić information content (AvgIpc) is 3.39. The van der Waals surface area contributed by atoms with E-state index in [1.807, 2.05) is 31.6 Å². The summed E-state index contributed by atoms with van der Waals surface area (Å²) < 4.78 is 27.9. The van der Waals surface area contributed by atoms with Crippen molar-refractivity contribution in [1.29, 1.82) is 0 Å². The predicted molar refractivity (Wildman–Crippen MR) is 170 cm³/mol. The van der Waals surface area contributed by atoms with Gasteiger partial charge in [0.15, 0.2) is 24.8 Å². The lowest BCUT2D eigenvalue weighted by molar-refractivity contribution is -0.911. The summed E-state index contributed by atoms with van der Waals surface area (Å²) in [6, 6.07) is 3.96. The molecule has 0 saturated carbocycles. The van der Waals surface area contributed by atoms with Gasteiger partial charge in [-0.25, -0.2) is 4.79 Å². The number of pyridine rings is 2. The van der Waals surface area contributed by atoms with Crippen molar-refractivity contribution in [2.24, 2.45) is 0 Å². The van der Waals surface area contributed by atoms with Gasteiger partial charge in [0.1, 0.15) is 18.1 Å². The van der Waals surface area contributed by atoms with E-state index in [0.29, 0.717) is 77.2 Å². The number of aromatic nitrogens is 4. The molecule has 5 rings (SSSR count). The predicted octanol–water partition coefficient (Wildman–Crippen LogP) is 0.234. The molecule has 2 aliphatic rings. The lowest BCUT2D eigenvalue weighted by Gasteiger charge is -2.16. The van der Waals surface area contributed by atoms with Gasteiger partial charge in [0.25, 0.3) is 5.91 Å². The summed E-state index contributed by atoms with van der Waals surface area (Å²) in [5.74, 6) is 0.405. The number of rotatable bonds is 18. The maximum atomic E-state index is 12.9. The van der Waals surface area contributed by atoms with Crippen molar-refractivity contribution in [1.82, 2.24) is 14.9 Å². The molecule has 0 aliphatic carbocycles. The highest BCUT2D eigenvalue weighted by molar-refractivity contribution is 6.00. The molecule has 5 heterocycles. The Morgan fingerprint density at radius 3 is 2.34 bits per heavy atom. The third kappa shape index (κ3) is 9.18. The van der Waals surface area contributed by atoms with E-state index in [0.717, 1.165) is 28.7 Å². The van der Waals surface area contributed by atoms with Gasteiger partial charge in [-0.1, -0.05) is 0 Å². The minimum Gasteiger partial charge on any atom is -0.394 e. The highest BCUT2D eigenvalue weighted by Crippen LogP contribution is 2.28. The van der Waals surface area contributed by atoms with Crippen LogP contribution in [0, 0.1) is 13.8 Å². The molecule has 3 aromatic rings. The standard InChI is InChI=1S/C33H44N6O8/c1-23-5-9-37-19-26(23)27-20-38(22-37)10-6-25(27)32(42)35-8-4-12-45-14-16-46-15-13-44-11-3-7-34-31-24(2)18-39(33(43)36-31)30-17-28(41)29(21-40)47-30/h5-6,9-10,18-20,28-30,40-41H,3-4,7-8,11-17,21-22H2,1-2H3/p+2. The minimum atomic E-state index is -0.823. The van der Waals surface area contributed by atoms with Gasteiger partial charge in [-0.15, -0.1) is 9.13 Å². The van der Waals surface area contributed by atoms with Crippen LogP contribution < -0.4 is 25.5 Å². The first-order valence-corrected chi connectivity index (χ1v) is 16.2. The summed E-state index contributed by atoms with van der Waals surface area (Å²) >= 11 is 0. The van der Waals surface area contributed by atoms with Gasteiger partial charge in [-0.2, -0.15) is 4.98 Å². The van der Waals surface area contributed by atoms with Crippen LogP contribution in [0.2, 0.25) is 0 Å². The van der Waals surface area contributed by atoms with Crippen molar-refractivity contribution >= 4 is 11.7 Å². The van der Waals surface area contributed by atoms with Crippen molar-refractivity contribution < 1.29 is 43.1 Å². The Bertz CT molecular complexity index is 1570. The Morgan fingerprint density at radius 1 is 0.979 bits per heavy atom. The second-order valence-corrected chi connectivity index (χ2v) is 11.8. The molecule has 3 unspecified atom stereocenters. The fraction of sp³-hybridized carbons (Fsp3) is 0.545. The van der Waals surface area contributed by atoms with Crippen LogP contribution in [-0.4, -0.2) is 97.2 Å². The summed E-state index contributed by atoms with van der Waals surface area (Å²) in [7, 11) is 0. The molecule has 2 aliphatic heterocycles. The molecule has 0 radical (unpaired) electrons. The number of aryl methyl sites for hydroxylation is 2. The van der Waals surface area contributed by atoms with Crippen LogP contribution >= 0.6 is 0 Å². The van der Waals surface area contributed by atoms with E-state index >= 15 is 0 Å². The molecule has 3 atom stereocenters. The Morgan fingerprint density at radius 2 is 1.64 bits per heavy atom. The Balaban J connectivity index is 0.868. The van der Waals surface area contributed by atoms with Crippen LogP contribution in [-0.2, 0) is 25.6 Å². The van der Waals surface area contributed by atoms with Crippen LogP contribution in [0.1, 0.15) is 47.0 Å². The summed E-state index contributed by atoms with van der Waals surface area (Å²) in [6.45, 7) is 8.31. The Labute approximate surface area is 273 Å². The third-order valence-electron chi connectivity index (χ3n) is 8.20. The Hall–Kier alpha value is -3.79. The van der Waals surface area contributed by atoms with Gasteiger partial charge in [0.05, 0.1) is 55.8 Å². The number of aliphatic hydroxyl groups is 2. The van der Waals surface area contributed by atoms with E-state index in [1.54, 1.807) is 6.20 Å². The zero-order valence-electron chi connectivity index (χ0n) is 27.1. The van der Waals surface area contributed by atoms with Gasteiger partial charge in [0.2, 0.25) is 0 Å². The minimum absolute atomic E-state index is 0.0884. The van der Waals surface area contributed by atoms with Gasteiger partial charge >= 0.3 is 12.4 Å². The molecule has 3 aromatic heterocycles. The molecular weight excluding hydrogens is 608 g/mol. The Kier molecular flexibility index (Phi) is 12.4. The van der Waals surface area contributed by atoms with Gasteiger partial charge in [-0.3, -0.25) is 9.36 Å². The number of hydrogen-bond acceptors (Lipinski definition) is 10. The highest BCUT2D eigenvalue weighted by atomic mass is 16.5. The van der Waals surface area contributed by atoms with E-state index in [4.69, 9.17) is 18.9 Å². The van der Waals surface area contributed by atoms with Crippen molar-refractivity contribution in [3.8, 4) is 11.1 Å². The maximum Gasteiger partial charge on any atom is 0.351 e. The summed E-state index contributed by atoms with van der Waals surface area (Å²) in [4.78, 5) is 29.5. The van der Waals surface area contributed by atoms with Crippen molar-refractivity contribution in [2.45, 2.75) is 58.2 Å². The fourth-order valence-electron chi connectivity index (χ4n) is 5.60. The van der Waals surface area contributed by atoms with Crippen LogP contribution in [0.25, 0.3) is 11.1 Å². The maximum absolute atomic E-state index is 12.9. The zero-order chi connectivity index (χ0) is 33.2. The van der Waals surface area contributed by atoms with Crippen molar-refractivity contribution in [3.63, 3.8) is 0 Å². The molecule has 1 saturated heterocycles. The lowest BCUT2D eigenvalue weighted by Crippen LogP contribution is -2.50. The number of aliphatic hydroxyl groups excluding tert-OH is 2. The normalized spacial score (nSPS) is 18.3. The van der Waals surface area contributed by atoms with Crippen molar-refractivity contribution in [3.05, 3.63) is 70.3 Å². The topological polar surface area (TPSA) is 161 Å². The second-order valence-electron chi connectivity index (χ2n) is 11.8. The third-order valence-corrected chi connectivity index (χ3v) is 8.20. The first kappa shape index (κ1) is 34.5. The SMILES string of the molecule is Cc1cc[n+]2cc1-c1c[n+](ccc1C(=O)NCCCOCCOCCOCCCNc1nc(=O)n(C3CC(O)C(CO)O3)cc1C)C2. The quantitative estimate of drug-likeness (QED) is 0.0864. The molecule has 0 aromatic carbocycles. The highest BCUT2D eigenvalue weighted by Gasteiger charge is 2.35. The molecule has 47 heavy (non-hydrogen) atoms. The smallest absolute Gasteiger partial charge is 0.351 e. The number of nitrogens with zero attached hydrogens (tertiary/aromatic N) is 4. The number of amides is 1. The van der Waals surface area contributed by atoms with E-state index in [1.165, 1.54) is 4.57 Å². The van der Waals surface area contributed by atoms with Gasteiger partial charge < -0.3 is 39.8 Å². The number of carbonyl (C=O) groups is 1. The van der Waals surface area contributed by atoms with Crippen molar-refractivity contribution in [2.75, 3.05) is 64.7 Å². The molecule has 1 amide bonds. The van der Waals surface area contributed by atoms with E-state index in [2.05, 4.69) is 43.9 Å². The van der Waals surface area contributed by atoms with Gasteiger partial charge in [0, 0.05) is 56.6 Å². The summed E-state index contributed by atoms with van der Waals surface area (Å²) in [5, 5.41) is 25.4. The fourth-order valence-corrected chi connectivity index (χ4v) is 5.60. The average molecular weight is 655 g/mol. The first-order valence-electron chi connectivity index (χ1n) is 16.2. The van der Waals surface area contributed by atoms with Crippen LogP contribution in [0.15, 0.2) is 47.9 Å². The number of anilines is 1. The largest absolute Gasteiger partial charge is 0.394 e. The number of nitrogens with one attached hydrogen (secondary N) is 2. The van der Waals surface area contributed by atoms with Crippen LogP contribution in [0.3, 0.4) is 0 Å². The molecule has 0 spiro atoms. The van der Waals surface area contributed by atoms with E-state index in [9.17, 15) is 19.8 Å². The lowest BCUT2D eigenvalue weighted by atomic mass is 9.99. The first-order chi connectivity index (χ1) is 22.8. The van der Waals surface area contributed by atoms with Gasteiger partial charge in [-0.05, 0) is 32.3 Å². The molecule has 14 heteroatoms. The summed E-state index contributed by atoms with van der Waals surface area (Å²) in [5.41, 5.74) is 4.09. The number of ether oxygens (including phenoxy) is 4. The number of fused-ring (bicyclic) bond motifs is 5. The molecule has 14 nitrogen and oxygen atoms in total. The molecule has 4 bridgehead atoms.